The number of amides is 1. The van der Waals surface area contributed by atoms with Crippen molar-refractivity contribution in [1.29, 1.82) is 0 Å². The molecule has 3 aromatic heterocycles. The number of pyridine rings is 2. The molecule has 204 valence electrons. The summed E-state index contributed by atoms with van der Waals surface area (Å²) in [5.74, 6) is -1.18. The number of hydrogen-bond donors (Lipinski definition) is 2. The Morgan fingerprint density at radius 3 is 2.54 bits per heavy atom. The van der Waals surface area contributed by atoms with Crippen molar-refractivity contribution in [2.75, 3.05) is 6.54 Å². The van der Waals surface area contributed by atoms with E-state index in [0.717, 1.165) is 15.0 Å². The molecule has 0 atom stereocenters. The number of carboxylic acid groups (broad SMARTS) is 1. The minimum atomic E-state index is -3.90. The third kappa shape index (κ3) is 7.59. The summed E-state index contributed by atoms with van der Waals surface area (Å²) in [6.45, 7) is 2.98. The Bertz CT molecular complexity index is 1540. The number of nitrogens with one attached hydrogen (secondary N) is 1. The molecule has 39 heavy (non-hydrogen) atoms. The maximum absolute atomic E-state index is 13.7. The lowest BCUT2D eigenvalue weighted by Gasteiger charge is -2.25. The molecule has 0 fully saturated rings. The highest BCUT2D eigenvalue weighted by atomic mass is 32.2. The molecule has 0 radical (unpaired) electrons. The van der Waals surface area contributed by atoms with Crippen molar-refractivity contribution in [2.45, 2.75) is 43.9 Å². The van der Waals surface area contributed by atoms with Crippen molar-refractivity contribution < 1.29 is 27.9 Å². The van der Waals surface area contributed by atoms with Crippen molar-refractivity contribution in [3.05, 3.63) is 89.3 Å². The van der Waals surface area contributed by atoms with Gasteiger partial charge in [0, 0.05) is 40.6 Å². The van der Waals surface area contributed by atoms with Gasteiger partial charge in [0.15, 0.2) is 0 Å². The first-order chi connectivity index (χ1) is 18.5. The lowest BCUT2D eigenvalue weighted by Crippen LogP contribution is -2.38. The fourth-order valence-electron chi connectivity index (χ4n) is 3.97. The maximum Gasteiger partial charge on any atom is 0.408 e. The molecule has 0 spiro atoms. The lowest BCUT2D eigenvalue weighted by atomic mass is 10.0. The summed E-state index contributed by atoms with van der Waals surface area (Å²) in [6, 6.07) is 18.2. The second-order valence-corrected chi connectivity index (χ2v) is 12.5. The number of nitrogens with zero attached hydrogens (tertiary/aromatic N) is 3. The van der Waals surface area contributed by atoms with E-state index in [-0.39, 0.29) is 24.4 Å². The number of aliphatic carboxylic acids is 1. The Morgan fingerprint density at radius 2 is 1.82 bits per heavy atom. The van der Waals surface area contributed by atoms with Gasteiger partial charge in [-0.1, -0.05) is 24.3 Å². The van der Waals surface area contributed by atoms with Crippen LogP contribution in [0.4, 0.5) is 4.79 Å². The van der Waals surface area contributed by atoms with Crippen molar-refractivity contribution in [3.63, 3.8) is 0 Å². The number of rotatable bonds is 11. The summed E-state index contributed by atoms with van der Waals surface area (Å²) in [5.41, 5.74) is 0.114. The molecule has 10 nitrogen and oxygen atoms in total. The van der Waals surface area contributed by atoms with Crippen LogP contribution in [0.15, 0.2) is 78.0 Å². The highest BCUT2D eigenvalue weighted by molar-refractivity contribution is 7.89. The summed E-state index contributed by atoms with van der Waals surface area (Å²) < 4.78 is 35.1. The average Bonchev–Trinajstić information content (AvgIpc) is 3.30. The molecule has 0 saturated heterocycles. The van der Waals surface area contributed by atoms with Crippen molar-refractivity contribution in [2.24, 2.45) is 0 Å². The third-order valence-electron chi connectivity index (χ3n) is 5.64. The van der Waals surface area contributed by atoms with Crippen LogP contribution in [0.1, 0.15) is 30.1 Å². The van der Waals surface area contributed by atoms with E-state index >= 15 is 0 Å². The van der Waals surface area contributed by atoms with Crippen molar-refractivity contribution in [1.82, 2.24) is 19.6 Å². The Balaban J connectivity index is 1.56. The highest BCUT2D eigenvalue weighted by Gasteiger charge is 2.28. The van der Waals surface area contributed by atoms with E-state index in [1.54, 1.807) is 38.1 Å². The predicted octanol–water partition coefficient (Wildman–Crippen LogP) is 4.21. The van der Waals surface area contributed by atoms with Gasteiger partial charge in [0.05, 0.1) is 12.2 Å². The quantitative estimate of drug-likeness (QED) is 0.274. The number of aromatic nitrogens is 2. The molecule has 0 aliphatic heterocycles. The lowest BCUT2D eigenvalue weighted by molar-refractivity contribution is -0.136. The molecule has 4 rings (SSSR count). The fraction of sp³-hybridized carbons (Fsp3) is 0.259. The van der Waals surface area contributed by atoms with Gasteiger partial charge in [-0.15, -0.1) is 11.3 Å². The highest BCUT2D eigenvalue weighted by Crippen LogP contribution is 2.29. The first-order valence-electron chi connectivity index (χ1n) is 12.0. The smallest absolute Gasteiger partial charge is 0.408 e. The minimum absolute atomic E-state index is 0.0136. The summed E-state index contributed by atoms with van der Waals surface area (Å²) in [4.78, 5) is 32.2. The number of carbonyl (C=O) groups is 2. The number of carboxylic acids is 1. The van der Waals surface area contributed by atoms with Gasteiger partial charge in [0.2, 0.25) is 10.0 Å². The summed E-state index contributed by atoms with van der Waals surface area (Å²) in [7, 11) is -3.90. The van der Waals surface area contributed by atoms with Gasteiger partial charge in [-0.05, 0) is 55.6 Å². The van der Waals surface area contributed by atoms with Crippen LogP contribution in [-0.2, 0) is 39.1 Å². The second kappa shape index (κ2) is 11.9. The molecule has 0 bridgehead atoms. The van der Waals surface area contributed by atoms with Gasteiger partial charge < -0.3 is 15.2 Å². The first kappa shape index (κ1) is 28.1. The van der Waals surface area contributed by atoms with Gasteiger partial charge in [0.25, 0.3) is 0 Å². The van der Waals surface area contributed by atoms with Crippen LogP contribution in [0.3, 0.4) is 0 Å². The van der Waals surface area contributed by atoms with Crippen LogP contribution in [-0.4, -0.2) is 52.0 Å². The second-order valence-electron chi connectivity index (χ2n) is 9.41. The Labute approximate surface area is 230 Å². The van der Waals surface area contributed by atoms with Crippen molar-refractivity contribution in [3.8, 4) is 0 Å². The van der Waals surface area contributed by atoms with Gasteiger partial charge in [-0.2, -0.15) is 4.31 Å². The Morgan fingerprint density at radius 1 is 1.05 bits per heavy atom. The first-order valence-corrected chi connectivity index (χ1v) is 14.3. The Kier molecular flexibility index (Phi) is 8.58. The van der Waals surface area contributed by atoms with E-state index in [4.69, 9.17) is 9.84 Å². The molecule has 0 unspecified atom stereocenters. The molecule has 12 heteroatoms. The van der Waals surface area contributed by atoms with Crippen LogP contribution in [0.5, 0.6) is 0 Å². The zero-order valence-electron chi connectivity index (χ0n) is 21.4. The predicted molar refractivity (Wildman–Crippen MR) is 147 cm³/mol. The van der Waals surface area contributed by atoms with Crippen LogP contribution in [0.2, 0.25) is 0 Å². The number of thiophene rings is 1. The van der Waals surface area contributed by atoms with Crippen LogP contribution in [0, 0.1) is 0 Å². The van der Waals surface area contributed by atoms with E-state index in [9.17, 15) is 18.0 Å². The normalized spacial score (nSPS) is 12.0. The number of ether oxygens (including phenoxy) is 1. The molecule has 0 aliphatic rings. The topological polar surface area (TPSA) is 139 Å². The molecule has 2 N–H and O–H groups in total. The number of sulfonamides is 1. The Hall–Kier alpha value is -3.87. The molecule has 0 saturated carbocycles. The number of alkyl carbamates (subject to hydrolysis) is 1. The van der Waals surface area contributed by atoms with Gasteiger partial charge in [-0.25, -0.2) is 13.2 Å². The molecule has 1 aromatic carbocycles. The zero-order valence-corrected chi connectivity index (χ0v) is 23.0. The molecule has 0 aliphatic carbocycles. The molecule has 3 heterocycles. The van der Waals surface area contributed by atoms with Crippen LogP contribution >= 0.6 is 11.3 Å². The van der Waals surface area contributed by atoms with Crippen LogP contribution < -0.4 is 5.32 Å². The fourth-order valence-corrected chi connectivity index (χ4v) is 6.48. The van der Waals surface area contributed by atoms with Crippen LogP contribution in [0.25, 0.3) is 10.1 Å². The van der Waals surface area contributed by atoms with Gasteiger partial charge in [0.1, 0.15) is 17.0 Å². The molecular weight excluding hydrogens is 540 g/mol. The van der Waals surface area contributed by atoms with E-state index in [0.29, 0.717) is 11.4 Å². The zero-order chi connectivity index (χ0) is 28.0. The SMILES string of the molecule is CC(C)(Cc1cccc(CN(Cc2cc3ccccc3s2)S(=O)(=O)c2cccnc2)n1)OC(=O)NCC(=O)O. The van der Waals surface area contributed by atoms with E-state index in [1.807, 2.05) is 30.3 Å². The maximum atomic E-state index is 13.7. The average molecular weight is 569 g/mol. The molecule has 4 aromatic rings. The number of carbonyl (C=O) groups excluding carboxylic acids is 1. The van der Waals surface area contributed by atoms with Crippen molar-refractivity contribution >= 4 is 43.5 Å². The summed E-state index contributed by atoms with van der Waals surface area (Å²) >= 11 is 1.54. The standard InChI is InChI=1S/C27H28N4O6S2/c1-27(2,37-26(34)29-16-25(32)33)14-20-8-5-9-21(30-20)17-31(39(35,36)23-10-6-12-28-15-23)18-22-13-19-7-3-4-11-24(19)38-22/h3-13,15H,14,16-18H2,1-2H3,(H,29,34)(H,32,33). The number of hydrogen-bond acceptors (Lipinski definition) is 8. The van der Waals surface area contributed by atoms with E-state index < -0.39 is 34.2 Å². The van der Waals surface area contributed by atoms with E-state index in [1.165, 1.54) is 34.1 Å². The number of benzene rings is 1. The molecular formula is C27H28N4O6S2. The largest absolute Gasteiger partial charge is 0.480 e. The van der Waals surface area contributed by atoms with Gasteiger partial charge >= 0.3 is 12.1 Å². The minimum Gasteiger partial charge on any atom is -0.480 e. The van der Waals surface area contributed by atoms with E-state index in [2.05, 4.69) is 15.3 Å². The number of fused-ring (bicyclic) bond motifs is 1. The summed E-state index contributed by atoms with van der Waals surface area (Å²) in [6.07, 6.45) is 2.22. The molecule has 1 amide bonds. The van der Waals surface area contributed by atoms with Gasteiger partial charge in [-0.3, -0.25) is 14.8 Å². The summed E-state index contributed by atoms with van der Waals surface area (Å²) in [5, 5.41) is 11.9. The third-order valence-corrected chi connectivity index (χ3v) is 8.52. The monoisotopic (exact) mass is 568 g/mol.